The van der Waals surface area contributed by atoms with Crippen LogP contribution in [-0.4, -0.2) is 53.6 Å². The zero-order valence-electron chi connectivity index (χ0n) is 12.7. The number of carbonyl (C=O) groups excluding carboxylic acids is 1. The van der Waals surface area contributed by atoms with Crippen LogP contribution in [0.3, 0.4) is 0 Å². The van der Waals surface area contributed by atoms with Crippen molar-refractivity contribution in [3.8, 4) is 5.88 Å². The maximum Gasteiger partial charge on any atom is 0.254 e. The molecule has 0 spiro atoms. The second-order valence-corrected chi connectivity index (χ2v) is 6.23. The van der Waals surface area contributed by atoms with Gasteiger partial charge in [0.05, 0.1) is 18.4 Å². The third-order valence-electron chi connectivity index (χ3n) is 3.60. The zero-order chi connectivity index (χ0) is 16.2. The summed E-state index contributed by atoms with van der Waals surface area (Å²) >= 11 is 7.55. The van der Waals surface area contributed by atoms with Gasteiger partial charge in [-0.3, -0.25) is 4.79 Å². The van der Waals surface area contributed by atoms with E-state index in [-0.39, 0.29) is 5.91 Å². The lowest BCUT2D eigenvalue weighted by atomic mass is 10.2. The first-order valence-corrected chi connectivity index (χ1v) is 8.73. The van der Waals surface area contributed by atoms with Crippen molar-refractivity contribution in [3.05, 3.63) is 33.6 Å². The fraction of sp³-hybridized carbons (Fsp3) is 0.400. The third-order valence-corrected chi connectivity index (χ3v) is 4.54. The van der Waals surface area contributed by atoms with E-state index < -0.39 is 0 Å². The van der Waals surface area contributed by atoms with E-state index in [1.165, 1.54) is 11.3 Å². The summed E-state index contributed by atoms with van der Waals surface area (Å²) in [5.74, 6) is 1.06. The molecule has 0 radical (unpaired) electrons. The number of halogens is 1. The normalized spacial score (nSPS) is 14.9. The molecule has 0 aliphatic carbocycles. The summed E-state index contributed by atoms with van der Waals surface area (Å²) in [6, 6.07) is 1.86. The van der Waals surface area contributed by atoms with Crippen molar-refractivity contribution in [2.45, 2.75) is 6.92 Å². The van der Waals surface area contributed by atoms with Gasteiger partial charge in [-0.2, -0.15) is 16.3 Å². The number of piperazine rings is 1. The van der Waals surface area contributed by atoms with E-state index in [4.69, 9.17) is 16.3 Å². The third kappa shape index (κ3) is 3.56. The number of thiophene rings is 1. The van der Waals surface area contributed by atoms with E-state index in [2.05, 4.69) is 9.97 Å². The van der Waals surface area contributed by atoms with Crippen molar-refractivity contribution in [1.82, 2.24) is 14.9 Å². The Morgan fingerprint density at radius 2 is 2.17 bits per heavy atom. The number of hydrogen-bond acceptors (Lipinski definition) is 6. The first-order chi connectivity index (χ1) is 11.2. The fourth-order valence-electron chi connectivity index (χ4n) is 2.41. The van der Waals surface area contributed by atoms with Gasteiger partial charge in [-0.1, -0.05) is 11.6 Å². The van der Waals surface area contributed by atoms with Crippen molar-refractivity contribution in [3.63, 3.8) is 0 Å². The Labute approximate surface area is 143 Å². The van der Waals surface area contributed by atoms with E-state index in [9.17, 15) is 4.79 Å². The number of rotatable bonds is 4. The van der Waals surface area contributed by atoms with Crippen molar-refractivity contribution >= 4 is 34.8 Å². The largest absolute Gasteiger partial charge is 0.477 e. The highest BCUT2D eigenvalue weighted by molar-refractivity contribution is 7.08. The summed E-state index contributed by atoms with van der Waals surface area (Å²) in [4.78, 5) is 24.9. The van der Waals surface area contributed by atoms with Crippen LogP contribution in [0.2, 0.25) is 5.02 Å². The predicted octanol–water partition coefficient (Wildman–Crippen LogP) is 2.55. The van der Waals surface area contributed by atoms with Crippen molar-refractivity contribution < 1.29 is 9.53 Å². The Morgan fingerprint density at radius 1 is 1.39 bits per heavy atom. The van der Waals surface area contributed by atoms with Crippen molar-refractivity contribution in [1.29, 1.82) is 0 Å². The van der Waals surface area contributed by atoms with Gasteiger partial charge < -0.3 is 14.5 Å². The van der Waals surface area contributed by atoms with Crippen LogP contribution in [0.25, 0.3) is 0 Å². The number of amides is 1. The van der Waals surface area contributed by atoms with Gasteiger partial charge in [-0.25, -0.2) is 4.98 Å². The Bertz CT molecular complexity index is 672. The fourth-order valence-corrected chi connectivity index (χ4v) is 3.19. The predicted molar refractivity (Wildman–Crippen MR) is 90.6 cm³/mol. The maximum absolute atomic E-state index is 12.3. The number of ether oxygens (including phenoxy) is 1. The molecule has 0 saturated carbocycles. The SMILES string of the molecule is CCOc1nc(N2CCN(C(=O)c3ccsc3)CC2)ncc1Cl. The summed E-state index contributed by atoms with van der Waals surface area (Å²) < 4.78 is 5.40. The molecular weight excluding hydrogens is 336 g/mol. The molecule has 1 aliphatic heterocycles. The van der Waals surface area contributed by atoms with Crippen molar-refractivity contribution in [2.24, 2.45) is 0 Å². The van der Waals surface area contributed by atoms with Gasteiger partial charge in [0, 0.05) is 31.6 Å². The lowest BCUT2D eigenvalue weighted by Gasteiger charge is -2.34. The van der Waals surface area contributed by atoms with Gasteiger partial charge >= 0.3 is 0 Å². The van der Waals surface area contributed by atoms with E-state index in [0.717, 1.165) is 5.56 Å². The maximum atomic E-state index is 12.3. The molecule has 23 heavy (non-hydrogen) atoms. The molecule has 1 amide bonds. The number of anilines is 1. The number of aromatic nitrogens is 2. The molecule has 1 saturated heterocycles. The first-order valence-electron chi connectivity index (χ1n) is 7.40. The summed E-state index contributed by atoms with van der Waals surface area (Å²) in [6.07, 6.45) is 1.55. The van der Waals surface area contributed by atoms with Crippen LogP contribution < -0.4 is 9.64 Å². The average molecular weight is 353 g/mol. The highest BCUT2D eigenvalue weighted by atomic mass is 35.5. The highest BCUT2D eigenvalue weighted by Gasteiger charge is 2.24. The van der Waals surface area contributed by atoms with Gasteiger partial charge in [-0.15, -0.1) is 0 Å². The van der Waals surface area contributed by atoms with Crippen LogP contribution in [0.5, 0.6) is 5.88 Å². The molecule has 8 heteroatoms. The molecule has 0 unspecified atom stereocenters. The molecule has 1 fully saturated rings. The molecule has 2 aromatic heterocycles. The minimum atomic E-state index is 0.0814. The van der Waals surface area contributed by atoms with Gasteiger partial charge in [-0.05, 0) is 18.4 Å². The molecule has 0 N–H and O–H groups in total. The van der Waals surface area contributed by atoms with Gasteiger partial charge in [0.25, 0.3) is 5.91 Å². The van der Waals surface area contributed by atoms with Crippen LogP contribution in [-0.2, 0) is 0 Å². The smallest absolute Gasteiger partial charge is 0.254 e. The summed E-state index contributed by atoms with van der Waals surface area (Å²) in [5.41, 5.74) is 0.754. The number of nitrogens with zero attached hydrogens (tertiary/aromatic N) is 4. The highest BCUT2D eigenvalue weighted by Crippen LogP contribution is 2.24. The molecule has 0 aromatic carbocycles. The number of carbonyl (C=O) groups is 1. The van der Waals surface area contributed by atoms with Crippen LogP contribution in [0.1, 0.15) is 17.3 Å². The Hall–Kier alpha value is -1.86. The minimum Gasteiger partial charge on any atom is -0.477 e. The van der Waals surface area contributed by atoms with Gasteiger partial charge in [0.15, 0.2) is 0 Å². The van der Waals surface area contributed by atoms with E-state index in [1.807, 2.05) is 33.6 Å². The standard InChI is InChI=1S/C15H17ClN4O2S/c1-2-22-13-12(16)9-17-15(18-13)20-6-4-19(5-7-20)14(21)11-3-8-23-10-11/h3,8-10H,2,4-7H2,1H3. The average Bonchev–Trinajstić information content (AvgIpc) is 3.11. The molecule has 3 rings (SSSR count). The molecule has 2 aromatic rings. The molecule has 3 heterocycles. The van der Waals surface area contributed by atoms with Crippen LogP contribution in [0.4, 0.5) is 5.95 Å². The van der Waals surface area contributed by atoms with Gasteiger partial charge in [0.2, 0.25) is 11.8 Å². The summed E-state index contributed by atoms with van der Waals surface area (Å²) in [7, 11) is 0. The van der Waals surface area contributed by atoms with E-state index in [1.54, 1.807) is 6.20 Å². The van der Waals surface area contributed by atoms with Gasteiger partial charge in [0.1, 0.15) is 5.02 Å². The first kappa shape index (κ1) is 16.0. The Kier molecular flexibility index (Phi) is 4.97. The van der Waals surface area contributed by atoms with Crippen LogP contribution >= 0.6 is 22.9 Å². The lowest BCUT2D eigenvalue weighted by molar-refractivity contribution is 0.0746. The number of hydrogen-bond donors (Lipinski definition) is 0. The molecule has 1 aliphatic rings. The summed E-state index contributed by atoms with van der Waals surface area (Å²) in [6.45, 7) is 5.04. The lowest BCUT2D eigenvalue weighted by Crippen LogP contribution is -2.49. The molecule has 0 bridgehead atoms. The topological polar surface area (TPSA) is 58.6 Å². The molecular formula is C15H17ClN4O2S. The zero-order valence-corrected chi connectivity index (χ0v) is 14.3. The quantitative estimate of drug-likeness (QED) is 0.846. The molecule has 0 atom stereocenters. The molecule has 6 nitrogen and oxygen atoms in total. The monoisotopic (exact) mass is 352 g/mol. The van der Waals surface area contributed by atoms with Crippen LogP contribution in [0, 0.1) is 0 Å². The second-order valence-electron chi connectivity index (χ2n) is 5.05. The molecule has 122 valence electrons. The van der Waals surface area contributed by atoms with Crippen molar-refractivity contribution in [2.75, 3.05) is 37.7 Å². The Morgan fingerprint density at radius 3 is 2.83 bits per heavy atom. The second kappa shape index (κ2) is 7.14. The van der Waals surface area contributed by atoms with E-state index >= 15 is 0 Å². The summed E-state index contributed by atoms with van der Waals surface area (Å²) in [5, 5.41) is 4.20. The van der Waals surface area contributed by atoms with E-state index in [0.29, 0.717) is 49.6 Å². The minimum absolute atomic E-state index is 0.0814. The Balaban J connectivity index is 1.65. The van der Waals surface area contributed by atoms with Crippen LogP contribution in [0.15, 0.2) is 23.0 Å².